The van der Waals surface area contributed by atoms with Gasteiger partial charge in [0.2, 0.25) is 0 Å². The van der Waals surface area contributed by atoms with Gasteiger partial charge in [-0.25, -0.2) is 0 Å². The van der Waals surface area contributed by atoms with Gasteiger partial charge in [0.05, 0.1) is 0 Å². The van der Waals surface area contributed by atoms with Gasteiger partial charge in [-0.1, -0.05) is 25.5 Å². The lowest BCUT2D eigenvalue weighted by Gasteiger charge is -2.15. The summed E-state index contributed by atoms with van der Waals surface area (Å²) in [4.78, 5) is 18.1. The molecule has 1 aromatic rings. The normalized spacial score (nSPS) is 16.8. The average molecular weight is 317 g/mol. The molecule has 0 radical (unpaired) electrons. The fraction of sp³-hybridized carbons (Fsp3) is 0.412. The molecule has 0 spiro atoms. The molecule has 0 aliphatic carbocycles. The van der Waals surface area contributed by atoms with Gasteiger partial charge in [-0.2, -0.15) is 0 Å². The summed E-state index contributed by atoms with van der Waals surface area (Å²) in [6, 6.07) is 8.11. The Kier molecular flexibility index (Phi) is 5.19. The van der Waals surface area contributed by atoms with E-state index in [1.165, 1.54) is 0 Å². The van der Waals surface area contributed by atoms with Crippen LogP contribution in [0.5, 0.6) is 0 Å². The summed E-state index contributed by atoms with van der Waals surface area (Å²) in [5.74, 6) is -0.00219. The van der Waals surface area contributed by atoms with E-state index in [4.69, 9.17) is 12.2 Å². The quantitative estimate of drug-likeness (QED) is 0.616. The van der Waals surface area contributed by atoms with Gasteiger partial charge in [-0.3, -0.25) is 9.69 Å². The zero-order valence-electron chi connectivity index (χ0n) is 13.7. The highest BCUT2D eigenvalue weighted by atomic mass is 32.1. The van der Waals surface area contributed by atoms with Crippen LogP contribution in [0.2, 0.25) is 0 Å². The SMILES string of the molecule is CCCCN1C(=O)/C(=C/c2ccc(N(C)C)cc2)N(C)C1=S. The molecule has 2 rings (SSSR count). The van der Waals surface area contributed by atoms with Crippen LogP contribution in [0.15, 0.2) is 30.0 Å². The molecule has 0 bridgehead atoms. The van der Waals surface area contributed by atoms with E-state index in [9.17, 15) is 4.79 Å². The van der Waals surface area contributed by atoms with Crippen LogP contribution < -0.4 is 4.90 Å². The maximum absolute atomic E-state index is 12.5. The zero-order chi connectivity index (χ0) is 16.3. The van der Waals surface area contributed by atoms with Crippen LogP contribution in [0.25, 0.3) is 6.08 Å². The Labute approximate surface area is 138 Å². The number of hydrogen-bond donors (Lipinski definition) is 0. The number of nitrogens with zero attached hydrogens (tertiary/aromatic N) is 3. The van der Waals surface area contributed by atoms with Gasteiger partial charge < -0.3 is 9.80 Å². The molecular weight excluding hydrogens is 294 g/mol. The van der Waals surface area contributed by atoms with Crippen molar-refractivity contribution in [3.05, 3.63) is 35.5 Å². The topological polar surface area (TPSA) is 26.8 Å². The Morgan fingerprint density at radius 1 is 1.23 bits per heavy atom. The molecule has 4 nitrogen and oxygen atoms in total. The average Bonchev–Trinajstić information content (AvgIpc) is 2.70. The smallest absolute Gasteiger partial charge is 0.276 e. The van der Waals surface area contributed by atoms with Crippen LogP contribution in [0.4, 0.5) is 5.69 Å². The molecule has 0 atom stereocenters. The maximum Gasteiger partial charge on any atom is 0.276 e. The van der Waals surface area contributed by atoms with Crippen molar-refractivity contribution in [1.82, 2.24) is 9.80 Å². The standard InChI is InChI=1S/C17H23N3OS/c1-5-6-11-20-16(21)15(19(4)17(20)22)12-13-7-9-14(10-8-13)18(2)3/h7-10,12H,5-6,11H2,1-4H3/b15-12-. The molecule has 1 aromatic carbocycles. The van der Waals surface area contributed by atoms with Crippen LogP contribution in [0, 0.1) is 0 Å². The minimum Gasteiger partial charge on any atom is -0.378 e. The third-order valence-electron chi connectivity index (χ3n) is 3.79. The van der Waals surface area contributed by atoms with Gasteiger partial charge in [0, 0.05) is 33.4 Å². The molecule has 22 heavy (non-hydrogen) atoms. The fourth-order valence-corrected chi connectivity index (χ4v) is 2.62. The molecular formula is C17H23N3OS. The van der Waals surface area contributed by atoms with Crippen molar-refractivity contribution in [2.75, 3.05) is 32.6 Å². The van der Waals surface area contributed by atoms with Crippen molar-refractivity contribution >= 4 is 35.0 Å². The molecule has 0 unspecified atom stereocenters. The molecule has 1 fully saturated rings. The second-order valence-corrected chi connectivity index (χ2v) is 6.03. The molecule has 1 aliphatic rings. The van der Waals surface area contributed by atoms with Crippen molar-refractivity contribution in [3.63, 3.8) is 0 Å². The lowest BCUT2D eigenvalue weighted by molar-refractivity contribution is -0.122. The lowest BCUT2D eigenvalue weighted by atomic mass is 10.1. The first-order valence-electron chi connectivity index (χ1n) is 7.54. The number of amides is 1. The van der Waals surface area contributed by atoms with Crippen molar-refractivity contribution in [2.24, 2.45) is 0 Å². The highest BCUT2D eigenvalue weighted by Crippen LogP contribution is 2.23. The van der Waals surface area contributed by atoms with Crippen molar-refractivity contribution < 1.29 is 4.79 Å². The van der Waals surface area contributed by atoms with E-state index >= 15 is 0 Å². The van der Waals surface area contributed by atoms with Gasteiger partial charge >= 0.3 is 0 Å². The minimum atomic E-state index is -0.00219. The van der Waals surface area contributed by atoms with E-state index in [1.807, 2.05) is 56.4 Å². The predicted octanol–water partition coefficient (Wildman–Crippen LogP) is 2.95. The molecule has 1 aliphatic heterocycles. The number of benzene rings is 1. The Morgan fingerprint density at radius 3 is 2.41 bits per heavy atom. The molecule has 0 N–H and O–H groups in total. The number of carbonyl (C=O) groups is 1. The van der Waals surface area contributed by atoms with Crippen LogP contribution in [-0.4, -0.2) is 48.5 Å². The molecule has 1 heterocycles. The number of thiocarbonyl (C=S) groups is 1. The van der Waals surface area contributed by atoms with Gasteiger partial charge in [0.1, 0.15) is 5.70 Å². The van der Waals surface area contributed by atoms with Gasteiger partial charge in [-0.05, 0) is 42.4 Å². The number of carbonyl (C=O) groups excluding carboxylic acids is 1. The van der Waals surface area contributed by atoms with Crippen molar-refractivity contribution in [1.29, 1.82) is 0 Å². The predicted molar refractivity (Wildman–Crippen MR) is 95.7 cm³/mol. The first kappa shape index (κ1) is 16.5. The zero-order valence-corrected chi connectivity index (χ0v) is 14.5. The fourth-order valence-electron chi connectivity index (χ4n) is 2.35. The van der Waals surface area contributed by atoms with Crippen LogP contribution in [-0.2, 0) is 4.79 Å². The largest absolute Gasteiger partial charge is 0.378 e. The van der Waals surface area contributed by atoms with Crippen molar-refractivity contribution in [3.8, 4) is 0 Å². The monoisotopic (exact) mass is 317 g/mol. The second-order valence-electron chi connectivity index (χ2n) is 5.67. The van der Waals surface area contributed by atoms with Gasteiger partial charge in [0.15, 0.2) is 5.11 Å². The first-order valence-corrected chi connectivity index (χ1v) is 7.95. The minimum absolute atomic E-state index is 0.00219. The van der Waals surface area contributed by atoms with Gasteiger partial charge in [-0.15, -0.1) is 0 Å². The number of likely N-dealkylation sites (N-methyl/N-ethyl adjacent to an activating group) is 1. The van der Waals surface area contributed by atoms with E-state index in [0.29, 0.717) is 17.4 Å². The third-order valence-corrected chi connectivity index (χ3v) is 4.29. The van der Waals surface area contributed by atoms with E-state index in [1.54, 1.807) is 9.80 Å². The number of unbranched alkanes of at least 4 members (excludes halogenated alkanes) is 1. The number of anilines is 1. The Balaban J connectivity index is 2.23. The molecule has 118 valence electrons. The van der Waals surface area contributed by atoms with E-state index < -0.39 is 0 Å². The van der Waals surface area contributed by atoms with Crippen molar-refractivity contribution in [2.45, 2.75) is 19.8 Å². The van der Waals surface area contributed by atoms with Crippen LogP contribution >= 0.6 is 12.2 Å². The second kappa shape index (κ2) is 6.92. The van der Waals surface area contributed by atoms with Crippen LogP contribution in [0.3, 0.4) is 0 Å². The van der Waals surface area contributed by atoms with Crippen LogP contribution in [0.1, 0.15) is 25.3 Å². The number of hydrogen-bond acceptors (Lipinski definition) is 3. The summed E-state index contributed by atoms with van der Waals surface area (Å²) in [5, 5.41) is 0.592. The Morgan fingerprint density at radius 2 is 1.86 bits per heavy atom. The Hall–Kier alpha value is -1.88. The molecule has 5 heteroatoms. The maximum atomic E-state index is 12.5. The first-order chi connectivity index (χ1) is 10.5. The summed E-state index contributed by atoms with van der Waals surface area (Å²) < 4.78 is 0. The van der Waals surface area contributed by atoms with Gasteiger partial charge in [0.25, 0.3) is 5.91 Å². The number of rotatable bonds is 5. The lowest BCUT2D eigenvalue weighted by Crippen LogP contribution is -2.32. The van der Waals surface area contributed by atoms with E-state index in [2.05, 4.69) is 6.92 Å². The highest BCUT2D eigenvalue weighted by molar-refractivity contribution is 7.80. The van der Waals surface area contributed by atoms with E-state index in [-0.39, 0.29) is 5.91 Å². The summed E-state index contributed by atoms with van der Waals surface area (Å²) in [5.41, 5.74) is 2.77. The molecule has 0 aromatic heterocycles. The third kappa shape index (κ3) is 3.30. The van der Waals surface area contributed by atoms with E-state index in [0.717, 1.165) is 24.1 Å². The summed E-state index contributed by atoms with van der Waals surface area (Å²) in [7, 11) is 5.86. The highest BCUT2D eigenvalue weighted by Gasteiger charge is 2.34. The molecule has 1 saturated heterocycles. The molecule has 0 saturated carbocycles. The summed E-state index contributed by atoms with van der Waals surface area (Å²) >= 11 is 5.39. The molecule has 1 amide bonds. The summed E-state index contributed by atoms with van der Waals surface area (Å²) in [6.45, 7) is 2.80. The summed E-state index contributed by atoms with van der Waals surface area (Å²) in [6.07, 6.45) is 3.91. The Bertz CT molecular complexity index is 592.